The summed E-state index contributed by atoms with van der Waals surface area (Å²) in [5.74, 6) is -0.580. The number of aryl methyl sites for hydroxylation is 2. The van der Waals surface area contributed by atoms with Crippen molar-refractivity contribution in [3.8, 4) is 22.3 Å². The molecule has 0 amide bonds. The molecular weight excluding hydrogens is 496 g/mol. The summed E-state index contributed by atoms with van der Waals surface area (Å²) in [6, 6.07) is 5.73. The van der Waals surface area contributed by atoms with Crippen LogP contribution in [0.25, 0.3) is 16.5 Å². The van der Waals surface area contributed by atoms with E-state index in [0.29, 0.717) is 22.2 Å². The minimum atomic E-state index is -0.625. The van der Waals surface area contributed by atoms with Gasteiger partial charge in [0.1, 0.15) is 42.4 Å². The Morgan fingerprint density at radius 1 is 1.16 bits per heavy atom. The lowest BCUT2D eigenvalue weighted by atomic mass is 9.98. The van der Waals surface area contributed by atoms with E-state index in [9.17, 15) is 14.0 Å². The molecule has 0 atom stereocenters. The largest absolute Gasteiger partial charge is 0.487 e. The van der Waals surface area contributed by atoms with Crippen LogP contribution in [0.1, 0.15) is 47.7 Å². The number of hydrogen-bond donors (Lipinski definition) is 0. The summed E-state index contributed by atoms with van der Waals surface area (Å²) < 4.78 is 25.9. The summed E-state index contributed by atoms with van der Waals surface area (Å²) in [4.78, 5) is 42.4. The Labute approximate surface area is 218 Å². The molecule has 2 radical (unpaired) electrons. The smallest absolute Gasteiger partial charge is 0.376 e. The Morgan fingerprint density at radius 2 is 1.92 bits per heavy atom. The summed E-state index contributed by atoms with van der Waals surface area (Å²) in [6.45, 7) is 9.31. The van der Waals surface area contributed by atoms with Crippen molar-refractivity contribution >= 4 is 30.6 Å². The van der Waals surface area contributed by atoms with Gasteiger partial charge >= 0.3 is 5.97 Å². The molecule has 0 aliphatic carbocycles. The first kappa shape index (κ1) is 27.7. The second-order valence-electron chi connectivity index (χ2n) is 7.38. The third kappa shape index (κ3) is 6.45. The van der Waals surface area contributed by atoms with E-state index in [1.807, 2.05) is 20.8 Å². The van der Waals surface area contributed by atoms with Gasteiger partial charge in [0, 0.05) is 35.1 Å². The number of aromatic nitrogens is 5. The maximum absolute atomic E-state index is 14.0. The van der Waals surface area contributed by atoms with Gasteiger partial charge in [-0.25, -0.2) is 24.1 Å². The van der Waals surface area contributed by atoms with Gasteiger partial charge in [0.15, 0.2) is 5.82 Å². The number of carbonyl (C=O) groups is 1. The van der Waals surface area contributed by atoms with Crippen LogP contribution in [0.3, 0.4) is 0 Å². The summed E-state index contributed by atoms with van der Waals surface area (Å²) in [7, 11) is 5.51. The van der Waals surface area contributed by atoms with Crippen LogP contribution in [0.4, 0.5) is 4.39 Å². The number of thiazole rings is 1. The topological polar surface area (TPSA) is 109 Å². The Bertz CT molecular complexity index is 1470. The van der Waals surface area contributed by atoms with Gasteiger partial charge in [-0.1, -0.05) is 19.3 Å². The molecular formula is C25H25BFN5O4S. The van der Waals surface area contributed by atoms with Crippen LogP contribution in [0.2, 0.25) is 0 Å². The molecule has 0 bridgehead atoms. The molecule has 0 N–H and O–H groups in total. The molecule has 4 heterocycles. The lowest BCUT2D eigenvalue weighted by molar-refractivity contribution is 0.0512. The van der Waals surface area contributed by atoms with Crippen LogP contribution in [0.15, 0.2) is 41.5 Å². The SMILES string of the molecule is CC.[B]c1cnc(COc2cc(C)n(-c3nc(-c4ccnc(C(=O)OCC)n4)sc3C)c(=O)c2)c(F)c1. The van der Waals surface area contributed by atoms with Crippen molar-refractivity contribution in [2.75, 3.05) is 6.61 Å². The lowest BCUT2D eigenvalue weighted by Crippen LogP contribution is -2.21. The van der Waals surface area contributed by atoms with Gasteiger partial charge in [0.2, 0.25) is 5.82 Å². The number of halogens is 1. The first-order valence-corrected chi connectivity index (χ1v) is 12.3. The Hall–Kier alpha value is -3.93. The fourth-order valence-corrected chi connectivity index (χ4v) is 4.11. The van der Waals surface area contributed by atoms with E-state index in [2.05, 4.69) is 19.9 Å². The zero-order valence-electron chi connectivity index (χ0n) is 21.1. The predicted octanol–water partition coefficient (Wildman–Crippen LogP) is 3.48. The van der Waals surface area contributed by atoms with Gasteiger partial charge in [-0.2, -0.15) is 0 Å². The van der Waals surface area contributed by atoms with Gasteiger partial charge in [-0.15, -0.1) is 11.3 Å². The molecule has 0 saturated carbocycles. The van der Waals surface area contributed by atoms with Crippen LogP contribution in [-0.2, 0) is 11.3 Å². The molecule has 0 unspecified atom stereocenters. The van der Waals surface area contributed by atoms with Crippen molar-refractivity contribution in [3.05, 3.63) is 74.9 Å². The van der Waals surface area contributed by atoms with E-state index >= 15 is 0 Å². The molecule has 0 aromatic carbocycles. The van der Waals surface area contributed by atoms with Gasteiger partial charge in [-0.05, 0) is 32.9 Å². The minimum Gasteiger partial charge on any atom is -0.487 e. The minimum absolute atomic E-state index is 0.0689. The molecule has 0 aliphatic rings. The molecule has 12 heteroatoms. The van der Waals surface area contributed by atoms with E-state index in [0.717, 1.165) is 10.9 Å². The van der Waals surface area contributed by atoms with Gasteiger partial charge in [0.25, 0.3) is 5.56 Å². The zero-order chi connectivity index (χ0) is 27.1. The summed E-state index contributed by atoms with van der Waals surface area (Å²) in [5.41, 5.74) is 0.912. The number of hydrogen-bond acceptors (Lipinski definition) is 9. The van der Waals surface area contributed by atoms with Crippen molar-refractivity contribution in [1.29, 1.82) is 0 Å². The van der Waals surface area contributed by atoms with Gasteiger partial charge in [0.05, 0.1) is 6.61 Å². The number of pyridine rings is 2. The maximum Gasteiger partial charge on any atom is 0.376 e. The molecule has 4 rings (SSSR count). The Balaban J connectivity index is 0.00000186. The highest BCUT2D eigenvalue weighted by molar-refractivity contribution is 7.15. The summed E-state index contributed by atoms with van der Waals surface area (Å²) in [6.07, 6.45) is 2.79. The summed E-state index contributed by atoms with van der Waals surface area (Å²) >= 11 is 1.32. The van der Waals surface area contributed by atoms with E-state index in [-0.39, 0.29) is 41.5 Å². The molecule has 0 aliphatic heterocycles. The van der Waals surface area contributed by atoms with Crippen molar-refractivity contribution in [2.24, 2.45) is 0 Å². The lowest BCUT2D eigenvalue weighted by Gasteiger charge is -2.11. The van der Waals surface area contributed by atoms with Crippen molar-refractivity contribution < 1.29 is 18.7 Å². The highest BCUT2D eigenvalue weighted by atomic mass is 32.1. The first-order valence-electron chi connectivity index (χ1n) is 11.5. The van der Waals surface area contributed by atoms with E-state index in [4.69, 9.17) is 17.3 Å². The highest BCUT2D eigenvalue weighted by Gasteiger charge is 2.18. The number of ether oxygens (including phenoxy) is 2. The second kappa shape index (κ2) is 12.4. The molecule has 0 saturated heterocycles. The molecule has 4 aromatic heterocycles. The molecule has 190 valence electrons. The maximum atomic E-state index is 14.0. The molecule has 0 fully saturated rings. The van der Waals surface area contributed by atoms with Crippen LogP contribution < -0.4 is 15.8 Å². The molecule has 9 nitrogen and oxygen atoms in total. The van der Waals surface area contributed by atoms with Gasteiger partial charge in [-0.3, -0.25) is 14.3 Å². The second-order valence-corrected chi connectivity index (χ2v) is 8.58. The molecule has 37 heavy (non-hydrogen) atoms. The number of nitrogens with zero attached hydrogens (tertiary/aromatic N) is 5. The third-order valence-electron chi connectivity index (χ3n) is 4.82. The molecule has 0 spiro atoms. The van der Waals surface area contributed by atoms with Crippen LogP contribution >= 0.6 is 11.3 Å². The van der Waals surface area contributed by atoms with Crippen molar-refractivity contribution in [2.45, 2.75) is 41.2 Å². The zero-order valence-corrected chi connectivity index (χ0v) is 21.9. The van der Waals surface area contributed by atoms with Gasteiger partial charge < -0.3 is 9.47 Å². The number of esters is 1. The van der Waals surface area contributed by atoms with E-state index < -0.39 is 11.8 Å². The van der Waals surface area contributed by atoms with Crippen molar-refractivity contribution in [3.63, 3.8) is 0 Å². The predicted molar refractivity (Wildman–Crippen MR) is 139 cm³/mol. The standard InChI is InChI=1S/C23H19BFN5O4S.C2H6/c1-4-33-23(32)20-26-6-5-17(28-20)22-29-21(13(3)35-22)30-12(2)7-15(9-19(30)31)34-11-18-16(25)8-14(24)10-27-18;1-2/h5-10H,4,11H2,1-3H3;1-2H3. The van der Waals surface area contributed by atoms with Crippen LogP contribution in [0, 0.1) is 19.7 Å². The monoisotopic (exact) mass is 521 g/mol. The molecule has 4 aromatic rings. The first-order chi connectivity index (χ1) is 17.8. The summed E-state index contributed by atoms with van der Waals surface area (Å²) in [5, 5.41) is 0.516. The third-order valence-corrected chi connectivity index (χ3v) is 5.80. The van der Waals surface area contributed by atoms with Crippen LogP contribution in [0.5, 0.6) is 5.75 Å². The van der Waals surface area contributed by atoms with E-state index in [1.165, 1.54) is 34.4 Å². The van der Waals surface area contributed by atoms with Crippen molar-refractivity contribution in [1.82, 2.24) is 24.5 Å². The quantitative estimate of drug-likeness (QED) is 0.269. The Morgan fingerprint density at radius 3 is 2.59 bits per heavy atom. The fourth-order valence-electron chi connectivity index (χ4n) is 3.24. The van der Waals surface area contributed by atoms with E-state index in [1.54, 1.807) is 26.0 Å². The fraction of sp³-hybridized carbons (Fsp3) is 0.280. The number of carbonyl (C=O) groups excluding carboxylic acids is 1. The average molecular weight is 521 g/mol. The average Bonchev–Trinajstić information content (AvgIpc) is 3.25. The highest BCUT2D eigenvalue weighted by Crippen LogP contribution is 2.29. The number of rotatable bonds is 7. The Kier molecular flexibility index (Phi) is 9.23. The normalized spacial score (nSPS) is 10.4. The van der Waals surface area contributed by atoms with Crippen LogP contribution in [-0.4, -0.2) is 44.9 Å².